The second kappa shape index (κ2) is 4.80. The molecule has 4 nitrogen and oxygen atoms in total. The number of nitrogens with one attached hydrogen (secondary N) is 1. The molecule has 0 radical (unpaired) electrons. The predicted octanol–water partition coefficient (Wildman–Crippen LogP) is 4.16. The number of aryl methyl sites for hydroxylation is 1. The van der Waals surface area contributed by atoms with Crippen molar-refractivity contribution in [3.8, 4) is 0 Å². The van der Waals surface area contributed by atoms with Crippen molar-refractivity contribution in [3.05, 3.63) is 48.2 Å². The molecule has 2 heterocycles. The summed E-state index contributed by atoms with van der Waals surface area (Å²) in [5.41, 5.74) is 2.72. The van der Waals surface area contributed by atoms with Crippen LogP contribution in [0.3, 0.4) is 0 Å². The fraction of sp³-hybridized carbons (Fsp3) is 0.267. The van der Waals surface area contributed by atoms with Crippen molar-refractivity contribution < 1.29 is 8.83 Å². The van der Waals surface area contributed by atoms with E-state index in [0.717, 1.165) is 34.9 Å². The Morgan fingerprint density at radius 3 is 2.95 bits per heavy atom. The number of furan rings is 1. The molecule has 0 spiro atoms. The molecule has 1 atom stereocenters. The number of anilines is 1. The van der Waals surface area contributed by atoms with Crippen molar-refractivity contribution in [3.63, 3.8) is 0 Å². The molecule has 0 saturated carbocycles. The third-order valence-corrected chi connectivity index (χ3v) is 3.09. The van der Waals surface area contributed by atoms with Gasteiger partial charge in [-0.3, -0.25) is 0 Å². The van der Waals surface area contributed by atoms with Crippen LogP contribution in [0.15, 0.2) is 45.4 Å². The average molecular weight is 256 g/mol. The van der Waals surface area contributed by atoms with Crippen LogP contribution in [-0.2, 0) is 6.42 Å². The van der Waals surface area contributed by atoms with E-state index in [4.69, 9.17) is 8.83 Å². The number of nitrogens with zero attached hydrogens (tertiary/aromatic N) is 1. The van der Waals surface area contributed by atoms with Crippen LogP contribution in [0.1, 0.15) is 31.5 Å². The van der Waals surface area contributed by atoms with Gasteiger partial charge in [0.25, 0.3) is 0 Å². The highest BCUT2D eigenvalue weighted by Gasteiger charge is 2.09. The molecule has 0 bridgehead atoms. The largest absolute Gasteiger partial charge is 0.467 e. The smallest absolute Gasteiger partial charge is 0.195 e. The molecule has 19 heavy (non-hydrogen) atoms. The van der Waals surface area contributed by atoms with Crippen LogP contribution in [0, 0.1) is 0 Å². The molecular weight excluding hydrogens is 240 g/mol. The second-order valence-electron chi connectivity index (χ2n) is 4.53. The van der Waals surface area contributed by atoms with Crippen LogP contribution in [0.2, 0.25) is 0 Å². The Balaban J connectivity index is 1.85. The third-order valence-electron chi connectivity index (χ3n) is 3.09. The molecule has 0 saturated heterocycles. The molecule has 0 aliphatic heterocycles. The van der Waals surface area contributed by atoms with Gasteiger partial charge in [-0.05, 0) is 37.3 Å². The van der Waals surface area contributed by atoms with Gasteiger partial charge < -0.3 is 14.2 Å². The Labute approximate surface area is 111 Å². The van der Waals surface area contributed by atoms with Gasteiger partial charge in [-0.15, -0.1) is 0 Å². The molecule has 0 amide bonds. The van der Waals surface area contributed by atoms with Gasteiger partial charge in [0.15, 0.2) is 11.5 Å². The van der Waals surface area contributed by atoms with E-state index in [2.05, 4.69) is 17.2 Å². The van der Waals surface area contributed by atoms with Crippen molar-refractivity contribution >= 4 is 16.8 Å². The first-order chi connectivity index (χ1) is 9.26. The quantitative estimate of drug-likeness (QED) is 0.761. The SMILES string of the molecule is CCc1nc2cc(NC(C)c3ccco3)ccc2o1. The number of hydrogen-bond acceptors (Lipinski definition) is 4. The van der Waals surface area contributed by atoms with E-state index in [-0.39, 0.29) is 6.04 Å². The Kier molecular flexibility index (Phi) is 2.99. The van der Waals surface area contributed by atoms with E-state index in [0.29, 0.717) is 0 Å². The Bertz CT molecular complexity index is 671. The maximum atomic E-state index is 5.59. The van der Waals surface area contributed by atoms with Crippen LogP contribution in [0.5, 0.6) is 0 Å². The normalized spacial score (nSPS) is 12.7. The van der Waals surface area contributed by atoms with E-state index in [1.54, 1.807) is 6.26 Å². The van der Waals surface area contributed by atoms with Gasteiger partial charge in [-0.2, -0.15) is 0 Å². The van der Waals surface area contributed by atoms with Crippen LogP contribution >= 0.6 is 0 Å². The minimum absolute atomic E-state index is 0.116. The second-order valence-corrected chi connectivity index (χ2v) is 4.53. The van der Waals surface area contributed by atoms with Crippen LogP contribution in [0.25, 0.3) is 11.1 Å². The van der Waals surface area contributed by atoms with Crippen LogP contribution in [0.4, 0.5) is 5.69 Å². The molecule has 0 fully saturated rings. The maximum absolute atomic E-state index is 5.59. The zero-order valence-electron chi connectivity index (χ0n) is 11.0. The molecule has 3 rings (SSSR count). The van der Waals surface area contributed by atoms with Gasteiger partial charge in [-0.1, -0.05) is 6.92 Å². The van der Waals surface area contributed by atoms with E-state index >= 15 is 0 Å². The summed E-state index contributed by atoms with van der Waals surface area (Å²) in [5, 5.41) is 3.39. The number of rotatable bonds is 4. The highest BCUT2D eigenvalue weighted by Crippen LogP contribution is 2.24. The number of benzene rings is 1. The summed E-state index contributed by atoms with van der Waals surface area (Å²) in [7, 11) is 0. The van der Waals surface area contributed by atoms with E-state index in [1.165, 1.54) is 0 Å². The van der Waals surface area contributed by atoms with Crippen molar-refractivity contribution in [1.82, 2.24) is 4.98 Å². The Morgan fingerprint density at radius 1 is 1.32 bits per heavy atom. The lowest BCUT2D eigenvalue weighted by atomic mass is 10.2. The lowest BCUT2D eigenvalue weighted by molar-refractivity contribution is 0.490. The number of oxazole rings is 1. The monoisotopic (exact) mass is 256 g/mol. The zero-order valence-corrected chi connectivity index (χ0v) is 11.0. The number of aromatic nitrogens is 1. The van der Waals surface area contributed by atoms with Gasteiger partial charge in [0.2, 0.25) is 0 Å². The summed E-state index contributed by atoms with van der Waals surface area (Å²) in [4.78, 5) is 4.43. The van der Waals surface area contributed by atoms with Gasteiger partial charge in [0.05, 0.1) is 12.3 Å². The molecule has 0 aliphatic rings. The predicted molar refractivity (Wildman–Crippen MR) is 74.1 cm³/mol. The van der Waals surface area contributed by atoms with E-state index in [9.17, 15) is 0 Å². The van der Waals surface area contributed by atoms with Gasteiger partial charge in [0.1, 0.15) is 11.3 Å². The minimum atomic E-state index is 0.116. The fourth-order valence-electron chi connectivity index (χ4n) is 2.07. The van der Waals surface area contributed by atoms with Crippen molar-refractivity contribution in [2.24, 2.45) is 0 Å². The first-order valence-electron chi connectivity index (χ1n) is 6.45. The van der Waals surface area contributed by atoms with Crippen LogP contribution in [-0.4, -0.2) is 4.98 Å². The molecule has 1 aromatic carbocycles. The third kappa shape index (κ3) is 2.34. The molecule has 3 aromatic rings. The molecule has 1 N–H and O–H groups in total. The number of fused-ring (bicyclic) bond motifs is 1. The molecule has 2 aromatic heterocycles. The first kappa shape index (κ1) is 11.8. The molecule has 0 aliphatic carbocycles. The Hall–Kier alpha value is -2.23. The fourth-order valence-corrected chi connectivity index (χ4v) is 2.07. The summed E-state index contributed by atoms with van der Waals surface area (Å²) < 4.78 is 11.0. The van der Waals surface area contributed by atoms with E-state index < -0.39 is 0 Å². The summed E-state index contributed by atoms with van der Waals surface area (Å²) >= 11 is 0. The van der Waals surface area contributed by atoms with Gasteiger partial charge >= 0.3 is 0 Å². The highest BCUT2D eigenvalue weighted by atomic mass is 16.3. The summed E-state index contributed by atoms with van der Waals surface area (Å²) in [5.74, 6) is 1.68. The summed E-state index contributed by atoms with van der Waals surface area (Å²) in [6, 6.07) is 9.90. The molecule has 1 unspecified atom stereocenters. The van der Waals surface area contributed by atoms with Crippen molar-refractivity contribution in [2.45, 2.75) is 26.3 Å². The van der Waals surface area contributed by atoms with Crippen LogP contribution < -0.4 is 5.32 Å². The maximum Gasteiger partial charge on any atom is 0.195 e. The molecule has 4 heteroatoms. The van der Waals surface area contributed by atoms with Gasteiger partial charge in [0, 0.05) is 12.1 Å². The molecular formula is C15H16N2O2. The van der Waals surface area contributed by atoms with Crippen molar-refractivity contribution in [2.75, 3.05) is 5.32 Å². The molecule has 98 valence electrons. The number of hydrogen-bond donors (Lipinski definition) is 1. The van der Waals surface area contributed by atoms with E-state index in [1.807, 2.05) is 37.3 Å². The van der Waals surface area contributed by atoms with Crippen molar-refractivity contribution in [1.29, 1.82) is 0 Å². The lowest BCUT2D eigenvalue weighted by Crippen LogP contribution is -2.05. The lowest BCUT2D eigenvalue weighted by Gasteiger charge is -2.12. The summed E-state index contributed by atoms with van der Waals surface area (Å²) in [6.07, 6.45) is 2.49. The topological polar surface area (TPSA) is 51.2 Å². The summed E-state index contributed by atoms with van der Waals surface area (Å²) in [6.45, 7) is 4.09. The van der Waals surface area contributed by atoms with Gasteiger partial charge in [-0.25, -0.2) is 4.98 Å². The highest BCUT2D eigenvalue weighted by molar-refractivity contribution is 5.77. The zero-order chi connectivity index (χ0) is 13.2. The average Bonchev–Trinajstić information content (AvgIpc) is 3.07. The first-order valence-corrected chi connectivity index (χ1v) is 6.45. The standard InChI is InChI=1S/C15H16N2O2/c1-3-15-17-12-9-11(6-7-14(12)19-15)16-10(2)13-5-4-8-18-13/h4-10,16H,3H2,1-2H3. The minimum Gasteiger partial charge on any atom is -0.467 e. The Morgan fingerprint density at radius 2 is 2.21 bits per heavy atom.